The number of imidazole rings is 1. The molecule has 29 heavy (non-hydrogen) atoms. The van der Waals surface area contributed by atoms with Gasteiger partial charge in [-0.25, -0.2) is 9.59 Å². The molecule has 12 heteroatoms. The van der Waals surface area contributed by atoms with E-state index in [0.717, 1.165) is 5.52 Å². The Labute approximate surface area is 162 Å². The molecule has 9 nitrogen and oxygen atoms in total. The van der Waals surface area contributed by atoms with Gasteiger partial charge in [0, 0.05) is 13.1 Å². The third-order valence-electron chi connectivity index (χ3n) is 3.85. The average molecular weight is 416 g/mol. The Bertz CT molecular complexity index is 964. The Morgan fingerprint density at radius 2 is 1.72 bits per heavy atom. The van der Waals surface area contributed by atoms with E-state index in [9.17, 15) is 32.3 Å². The minimum absolute atomic E-state index is 0.0128. The second-order valence-corrected chi connectivity index (χ2v) is 5.92. The average Bonchev–Trinajstić information content (AvgIpc) is 2.93. The van der Waals surface area contributed by atoms with Crippen molar-refractivity contribution < 1.29 is 32.3 Å². The molecule has 0 unspecified atom stereocenters. The summed E-state index contributed by atoms with van der Waals surface area (Å²) in [5, 5.41) is 3.04. The normalized spacial score (nSPS) is 11.3. The number of nitrogens with one attached hydrogen (secondary N) is 2. The van der Waals surface area contributed by atoms with Crippen molar-refractivity contribution in [2.75, 3.05) is 13.2 Å². The lowest BCUT2D eigenvalue weighted by Crippen LogP contribution is -2.44. The molecule has 1 aromatic heterocycles. The first-order valence-corrected chi connectivity index (χ1v) is 8.60. The molecular weight excluding hydrogens is 397 g/mol. The molecule has 1 heterocycles. The topological polar surface area (TPSA) is 111 Å². The summed E-state index contributed by atoms with van der Waals surface area (Å²) in [6.07, 6.45) is -4.84. The van der Waals surface area contributed by atoms with Gasteiger partial charge in [0.25, 0.3) is 5.91 Å². The lowest BCUT2D eigenvalue weighted by atomic mass is 10.3. The third kappa shape index (κ3) is 6.09. The Hall–Kier alpha value is -3.31. The molecule has 0 aliphatic rings. The number of urea groups is 1. The monoisotopic (exact) mass is 416 g/mol. The number of hydrogen-bond acceptors (Lipinski definition) is 5. The second-order valence-electron chi connectivity index (χ2n) is 5.92. The fourth-order valence-corrected chi connectivity index (χ4v) is 2.60. The van der Waals surface area contributed by atoms with E-state index in [4.69, 9.17) is 0 Å². The van der Waals surface area contributed by atoms with Crippen molar-refractivity contribution in [1.29, 1.82) is 0 Å². The van der Waals surface area contributed by atoms with Crippen LogP contribution >= 0.6 is 0 Å². The van der Waals surface area contributed by atoms with Crippen LogP contribution < -0.4 is 16.3 Å². The highest BCUT2D eigenvalue weighted by Crippen LogP contribution is 2.13. The number of fused-ring (bicyclic) bond motifs is 1. The number of carbonyl (C=O) groups is 3. The molecule has 1 aromatic carbocycles. The summed E-state index contributed by atoms with van der Waals surface area (Å²) in [5.41, 5.74) is 1.07. The van der Waals surface area contributed by atoms with Crippen LogP contribution in [0.25, 0.3) is 11.0 Å². The molecule has 2 N–H and O–H groups in total. The molecule has 0 spiro atoms. The number of hydrogen-bond donors (Lipinski definition) is 2. The van der Waals surface area contributed by atoms with Gasteiger partial charge in [-0.05, 0) is 19.1 Å². The van der Waals surface area contributed by atoms with E-state index >= 15 is 0 Å². The third-order valence-corrected chi connectivity index (χ3v) is 3.85. The standard InChI is InChI=1S/C17H19F3N4O5/c1-2-23-11-5-3-4-6-12(11)24(16(23)28)8-7-14(26)29-9-13(25)22-15(27)21-10-17(18,19)20/h3-6H,2,7-10H2,1H3,(H2,21,22,25,27). The van der Waals surface area contributed by atoms with Gasteiger partial charge in [-0.2, -0.15) is 13.2 Å². The first-order chi connectivity index (χ1) is 13.6. The number of aryl methyl sites for hydroxylation is 2. The van der Waals surface area contributed by atoms with Crippen LogP contribution in [0.2, 0.25) is 0 Å². The maximum absolute atomic E-state index is 12.4. The van der Waals surface area contributed by atoms with Crippen LogP contribution in [-0.4, -0.2) is 46.4 Å². The number of para-hydroxylation sites is 2. The fraction of sp³-hybridized carbons (Fsp3) is 0.412. The summed E-state index contributed by atoms with van der Waals surface area (Å²) in [6, 6.07) is 5.70. The SMILES string of the molecule is CCn1c(=O)n(CCC(=O)OCC(=O)NC(=O)NCC(F)(F)F)c2ccccc21. The van der Waals surface area contributed by atoms with E-state index in [0.29, 0.717) is 12.1 Å². The van der Waals surface area contributed by atoms with Gasteiger partial charge in [0.1, 0.15) is 6.54 Å². The van der Waals surface area contributed by atoms with Gasteiger partial charge in [-0.1, -0.05) is 12.1 Å². The molecular formula is C17H19F3N4O5. The summed E-state index contributed by atoms with van der Waals surface area (Å²) in [5.74, 6) is -1.89. The highest BCUT2D eigenvalue weighted by Gasteiger charge is 2.28. The van der Waals surface area contributed by atoms with Crippen molar-refractivity contribution in [2.45, 2.75) is 32.6 Å². The van der Waals surface area contributed by atoms with Crippen LogP contribution in [-0.2, 0) is 27.4 Å². The minimum Gasteiger partial charge on any atom is -0.456 e. The zero-order valence-corrected chi connectivity index (χ0v) is 15.4. The molecule has 0 aliphatic carbocycles. The molecule has 0 aliphatic heterocycles. The van der Waals surface area contributed by atoms with Crippen molar-refractivity contribution in [3.63, 3.8) is 0 Å². The van der Waals surface area contributed by atoms with Gasteiger partial charge in [0.2, 0.25) is 0 Å². The number of halogens is 3. The van der Waals surface area contributed by atoms with Crippen molar-refractivity contribution in [3.05, 3.63) is 34.7 Å². The highest BCUT2D eigenvalue weighted by atomic mass is 19.4. The Kier molecular flexibility index (Phi) is 7.02. The minimum atomic E-state index is -4.62. The molecule has 0 bridgehead atoms. The van der Waals surface area contributed by atoms with E-state index in [-0.39, 0.29) is 18.7 Å². The summed E-state index contributed by atoms with van der Waals surface area (Å²) in [4.78, 5) is 46.8. The molecule has 2 aromatic rings. The quantitative estimate of drug-likeness (QED) is 0.658. The molecule has 0 atom stereocenters. The van der Waals surface area contributed by atoms with Crippen LogP contribution in [0.1, 0.15) is 13.3 Å². The van der Waals surface area contributed by atoms with Crippen LogP contribution in [0.15, 0.2) is 29.1 Å². The lowest BCUT2D eigenvalue weighted by Gasteiger charge is -2.09. The first kappa shape index (κ1) is 22.0. The van der Waals surface area contributed by atoms with Gasteiger partial charge in [0.15, 0.2) is 6.61 Å². The molecule has 3 amide bonds. The maximum atomic E-state index is 12.4. The number of carbonyl (C=O) groups excluding carboxylic acids is 3. The van der Waals surface area contributed by atoms with E-state index in [1.807, 2.05) is 6.92 Å². The molecule has 0 saturated carbocycles. The zero-order valence-electron chi connectivity index (χ0n) is 15.4. The predicted octanol–water partition coefficient (Wildman–Crippen LogP) is 1.14. The van der Waals surface area contributed by atoms with Crippen LogP contribution in [0.3, 0.4) is 0 Å². The largest absolute Gasteiger partial charge is 0.456 e. The maximum Gasteiger partial charge on any atom is 0.405 e. The number of esters is 1. The summed E-state index contributed by atoms with van der Waals surface area (Å²) >= 11 is 0. The van der Waals surface area contributed by atoms with Crippen LogP contribution in [0.5, 0.6) is 0 Å². The number of imide groups is 1. The summed E-state index contributed by atoms with van der Waals surface area (Å²) < 4.78 is 43.5. The highest BCUT2D eigenvalue weighted by molar-refractivity contribution is 5.95. The van der Waals surface area contributed by atoms with E-state index in [2.05, 4.69) is 4.74 Å². The Morgan fingerprint density at radius 3 is 2.31 bits per heavy atom. The van der Waals surface area contributed by atoms with Gasteiger partial charge in [-0.15, -0.1) is 0 Å². The fourth-order valence-electron chi connectivity index (χ4n) is 2.60. The molecule has 2 rings (SSSR count). The van der Waals surface area contributed by atoms with Crippen molar-refractivity contribution in [2.24, 2.45) is 0 Å². The van der Waals surface area contributed by atoms with Crippen molar-refractivity contribution in [3.8, 4) is 0 Å². The van der Waals surface area contributed by atoms with Gasteiger partial charge in [0.05, 0.1) is 17.5 Å². The van der Waals surface area contributed by atoms with Gasteiger partial charge in [-0.3, -0.25) is 24.0 Å². The number of nitrogens with zero attached hydrogens (tertiary/aromatic N) is 2. The van der Waals surface area contributed by atoms with Crippen LogP contribution in [0, 0.1) is 0 Å². The van der Waals surface area contributed by atoms with E-state index in [1.165, 1.54) is 9.88 Å². The summed E-state index contributed by atoms with van der Waals surface area (Å²) in [6.45, 7) is -0.169. The number of rotatable bonds is 7. The molecule has 0 saturated heterocycles. The van der Waals surface area contributed by atoms with E-state index < -0.39 is 37.2 Å². The number of amides is 3. The number of alkyl halides is 3. The smallest absolute Gasteiger partial charge is 0.405 e. The van der Waals surface area contributed by atoms with E-state index in [1.54, 1.807) is 34.1 Å². The summed E-state index contributed by atoms with van der Waals surface area (Å²) in [7, 11) is 0. The number of ether oxygens (including phenoxy) is 1. The molecule has 158 valence electrons. The molecule has 0 fully saturated rings. The number of aromatic nitrogens is 2. The lowest BCUT2D eigenvalue weighted by molar-refractivity contribution is -0.148. The Balaban J connectivity index is 1.84. The zero-order chi connectivity index (χ0) is 21.6. The van der Waals surface area contributed by atoms with Gasteiger partial charge >= 0.3 is 23.9 Å². The first-order valence-electron chi connectivity index (χ1n) is 8.60. The molecule has 0 radical (unpaired) electrons. The van der Waals surface area contributed by atoms with Crippen molar-refractivity contribution >= 4 is 28.9 Å². The predicted molar refractivity (Wildman–Crippen MR) is 95.0 cm³/mol. The number of benzene rings is 1. The van der Waals surface area contributed by atoms with Crippen molar-refractivity contribution in [1.82, 2.24) is 19.8 Å². The second kappa shape index (κ2) is 9.26. The Morgan fingerprint density at radius 1 is 1.10 bits per heavy atom. The van der Waals surface area contributed by atoms with Gasteiger partial charge < -0.3 is 10.1 Å². The van der Waals surface area contributed by atoms with Crippen LogP contribution in [0.4, 0.5) is 18.0 Å².